The SMILES string of the molecule is CC[C@@H](NC(=O)Cc1c(C)c2ccc(OC)c(C)c2oc1=O)C(=O)O. The fourth-order valence-electron chi connectivity index (χ4n) is 2.74. The molecule has 7 heteroatoms. The van der Waals surface area contributed by atoms with Gasteiger partial charge in [0, 0.05) is 10.9 Å². The first-order valence-electron chi connectivity index (χ1n) is 7.92. The summed E-state index contributed by atoms with van der Waals surface area (Å²) in [6, 6.07) is 2.56. The van der Waals surface area contributed by atoms with Crippen LogP contribution in [0, 0.1) is 13.8 Å². The van der Waals surface area contributed by atoms with Crippen LogP contribution in [0.3, 0.4) is 0 Å². The largest absolute Gasteiger partial charge is 0.496 e. The Hall–Kier alpha value is -2.83. The predicted molar refractivity (Wildman–Crippen MR) is 92.1 cm³/mol. The van der Waals surface area contributed by atoms with Crippen molar-refractivity contribution in [3.8, 4) is 5.75 Å². The van der Waals surface area contributed by atoms with E-state index < -0.39 is 23.5 Å². The molecule has 25 heavy (non-hydrogen) atoms. The van der Waals surface area contributed by atoms with Gasteiger partial charge in [0.15, 0.2) is 0 Å². The highest BCUT2D eigenvalue weighted by Gasteiger charge is 2.21. The summed E-state index contributed by atoms with van der Waals surface area (Å²) < 4.78 is 10.6. The van der Waals surface area contributed by atoms with Crippen LogP contribution in [0.25, 0.3) is 11.0 Å². The molecule has 1 aromatic carbocycles. The van der Waals surface area contributed by atoms with Gasteiger partial charge in [0.05, 0.1) is 19.1 Å². The van der Waals surface area contributed by atoms with E-state index in [1.165, 1.54) is 7.11 Å². The highest BCUT2D eigenvalue weighted by molar-refractivity contribution is 5.88. The Balaban J connectivity index is 2.41. The van der Waals surface area contributed by atoms with Gasteiger partial charge in [-0.05, 0) is 38.0 Å². The number of carboxylic acids is 1. The van der Waals surface area contributed by atoms with Gasteiger partial charge in [-0.2, -0.15) is 0 Å². The van der Waals surface area contributed by atoms with Crippen molar-refractivity contribution in [2.75, 3.05) is 7.11 Å². The molecule has 2 aromatic rings. The fraction of sp³-hybridized carbons (Fsp3) is 0.389. The molecule has 0 saturated heterocycles. The quantitative estimate of drug-likeness (QED) is 0.774. The zero-order valence-corrected chi connectivity index (χ0v) is 14.6. The number of carboxylic acid groups (broad SMARTS) is 1. The highest BCUT2D eigenvalue weighted by Crippen LogP contribution is 2.29. The number of fused-ring (bicyclic) bond motifs is 1. The molecular weight excluding hydrogens is 326 g/mol. The Bertz CT molecular complexity index is 883. The van der Waals surface area contributed by atoms with E-state index in [1.54, 1.807) is 32.9 Å². The summed E-state index contributed by atoms with van der Waals surface area (Å²) in [5, 5.41) is 12.1. The topological polar surface area (TPSA) is 106 Å². The maximum Gasteiger partial charge on any atom is 0.340 e. The smallest absolute Gasteiger partial charge is 0.340 e. The van der Waals surface area contributed by atoms with Gasteiger partial charge in [-0.15, -0.1) is 0 Å². The number of hydrogen-bond acceptors (Lipinski definition) is 5. The van der Waals surface area contributed by atoms with Crippen molar-refractivity contribution in [2.45, 2.75) is 39.7 Å². The minimum atomic E-state index is -1.11. The molecule has 0 bridgehead atoms. The number of benzene rings is 1. The first-order valence-corrected chi connectivity index (χ1v) is 7.92. The summed E-state index contributed by atoms with van der Waals surface area (Å²) in [6.07, 6.45) is 0.0182. The van der Waals surface area contributed by atoms with Gasteiger partial charge in [0.25, 0.3) is 0 Å². The van der Waals surface area contributed by atoms with Crippen LogP contribution in [0.4, 0.5) is 0 Å². The molecule has 0 aliphatic rings. The zero-order chi connectivity index (χ0) is 18.7. The molecule has 0 saturated carbocycles. The predicted octanol–water partition coefficient (Wildman–Crippen LogP) is 1.94. The second kappa shape index (κ2) is 7.38. The van der Waals surface area contributed by atoms with E-state index in [2.05, 4.69) is 5.32 Å². The Labute approximate surface area is 144 Å². The highest BCUT2D eigenvalue weighted by atomic mass is 16.5. The van der Waals surface area contributed by atoms with Gasteiger partial charge in [0.2, 0.25) is 5.91 Å². The summed E-state index contributed by atoms with van der Waals surface area (Å²) in [7, 11) is 1.53. The Morgan fingerprint density at radius 2 is 1.96 bits per heavy atom. The van der Waals surface area contributed by atoms with Gasteiger partial charge in [-0.3, -0.25) is 4.79 Å². The summed E-state index contributed by atoms with van der Waals surface area (Å²) in [4.78, 5) is 35.5. The minimum absolute atomic E-state index is 0.217. The van der Waals surface area contributed by atoms with E-state index in [9.17, 15) is 14.4 Å². The molecule has 1 heterocycles. The molecule has 0 spiro atoms. The molecule has 2 rings (SSSR count). The van der Waals surface area contributed by atoms with Gasteiger partial charge in [0.1, 0.15) is 17.4 Å². The number of ether oxygens (including phenoxy) is 1. The van der Waals surface area contributed by atoms with Crippen molar-refractivity contribution >= 4 is 22.8 Å². The summed E-state index contributed by atoms with van der Waals surface area (Å²) >= 11 is 0. The third-order valence-corrected chi connectivity index (χ3v) is 4.25. The molecule has 0 radical (unpaired) electrons. The average molecular weight is 347 g/mol. The van der Waals surface area contributed by atoms with E-state index >= 15 is 0 Å². The van der Waals surface area contributed by atoms with Gasteiger partial charge < -0.3 is 19.6 Å². The molecule has 0 fully saturated rings. The lowest BCUT2D eigenvalue weighted by Crippen LogP contribution is -2.41. The van der Waals surface area contributed by atoms with Crippen molar-refractivity contribution in [1.82, 2.24) is 5.32 Å². The molecule has 7 nitrogen and oxygen atoms in total. The number of nitrogens with one attached hydrogen (secondary N) is 1. The summed E-state index contributed by atoms with van der Waals surface area (Å²) in [5.74, 6) is -1.04. The molecule has 0 unspecified atom stereocenters. The zero-order valence-electron chi connectivity index (χ0n) is 14.6. The van der Waals surface area contributed by atoms with Crippen LogP contribution >= 0.6 is 0 Å². The molecule has 134 valence electrons. The van der Waals surface area contributed by atoms with E-state index in [-0.39, 0.29) is 18.4 Å². The van der Waals surface area contributed by atoms with Crippen LogP contribution < -0.4 is 15.7 Å². The van der Waals surface area contributed by atoms with Crippen molar-refractivity contribution < 1.29 is 23.8 Å². The minimum Gasteiger partial charge on any atom is -0.496 e. The van der Waals surface area contributed by atoms with Crippen LogP contribution in [0.5, 0.6) is 5.75 Å². The average Bonchev–Trinajstić information content (AvgIpc) is 2.57. The second-order valence-corrected chi connectivity index (χ2v) is 5.81. The van der Waals surface area contributed by atoms with Gasteiger partial charge in [-0.25, -0.2) is 9.59 Å². The van der Waals surface area contributed by atoms with Gasteiger partial charge in [-0.1, -0.05) is 6.92 Å². The van der Waals surface area contributed by atoms with E-state index in [4.69, 9.17) is 14.3 Å². The monoisotopic (exact) mass is 347 g/mol. The number of hydrogen-bond donors (Lipinski definition) is 2. The molecule has 2 N–H and O–H groups in total. The number of aliphatic carboxylic acids is 1. The number of aryl methyl sites for hydroxylation is 2. The third kappa shape index (κ3) is 3.65. The van der Waals surface area contributed by atoms with Crippen molar-refractivity contribution in [2.24, 2.45) is 0 Å². The maximum atomic E-state index is 12.3. The lowest BCUT2D eigenvalue weighted by Gasteiger charge is -2.14. The molecule has 1 aromatic heterocycles. The third-order valence-electron chi connectivity index (χ3n) is 4.25. The Kier molecular flexibility index (Phi) is 5.46. The van der Waals surface area contributed by atoms with Crippen LogP contribution in [-0.4, -0.2) is 30.1 Å². The number of methoxy groups -OCH3 is 1. The summed E-state index contributed by atoms with van der Waals surface area (Å²) in [5.41, 5.74) is 1.36. The lowest BCUT2D eigenvalue weighted by molar-refractivity contribution is -0.141. The van der Waals surface area contributed by atoms with Crippen LogP contribution in [0.2, 0.25) is 0 Å². The normalized spacial score (nSPS) is 12.0. The second-order valence-electron chi connectivity index (χ2n) is 5.81. The number of carbonyl (C=O) groups is 2. The first kappa shape index (κ1) is 18.5. The van der Waals surface area contributed by atoms with E-state index in [0.717, 1.165) is 0 Å². The number of amides is 1. The van der Waals surface area contributed by atoms with Crippen LogP contribution in [0.1, 0.15) is 30.0 Å². The van der Waals surface area contributed by atoms with E-state index in [0.29, 0.717) is 27.8 Å². The molecule has 0 aliphatic heterocycles. The molecule has 1 amide bonds. The van der Waals surface area contributed by atoms with Crippen molar-refractivity contribution in [1.29, 1.82) is 0 Å². The Morgan fingerprint density at radius 1 is 1.28 bits per heavy atom. The summed E-state index contributed by atoms with van der Waals surface area (Å²) in [6.45, 7) is 5.18. The van der Waals surface area contributed by atoms with Crippen LogP contribution in [-0.2, 0) is 16.0 Å². The van der Waals surface area contributed by atoms with Crippen molar-refractivity contribution in [3.63, 3.8) is 0 Å². The van der Waals surface area contributed by atoms with E-state index in [1.807, 2.05) is 0 Å². The maximum absolute atomic E-state index is 12.3. The molecular formula is C18H21NO6. The van der Waals surface area contributed by atoms with Crippen LogP contribution in [0.15, 0.2) is 21.3 Å². The van der Waals surface area contributed by atoms with Gasteiger partial charge >= 0.3 is 11.6 Å². The molecule has 0 aliphatic carbocycles. The number of carbonyl (C=O) groups excluding carboxylic acids is 1. The lowest BCUT2D eigenvalue weighted by atomic mass is 10.0. The Morgan fingerprint density at radius 3 is 2.52 bits per heavy atom. The first-order chi connectivity index (χ1) is 11.8. The standard InChI is InChI=1S/C18H21NO6/c1-5-13(17(21)22)19-15(20)8-12-9(2)11-6-7-14(24-4)10(3)16(11)25-18(12)23/h6-7,13H,5,8H2,1-4H3,(H,19,20)(H,21,22)/t13-/m1/s1. The van der Waals surface area contributed by atoms with Crippen molar-refractivity contribution in [3.05, 3.63) is 39.2 Å². The molecule has 1 atom stereocenters. The number of rotatable bonds is 6. The fourth-order valence-corrected chi connectivity index (χ4v) is 2.74.